The molecule has 0 saturated carbocycles. The van der Waals surface area contributed by atoms with Gasteiger partial charge in [-0.3, -0.25) is 4.79 Å². The third-order valence-electron chi connectivity index (χ3n) is 4.36. The highest BCUT2D eigenvalue weighted by Gasteiger charge is 2.40. The van der Waals surface area contributed by atoms with E-state index in [1.54, 1.807) is 12.0 Å². The monoisotopic (exact) mass is 306 g/mol. The first-order valence-corrected chi connectivity index (χ1v) is 7.89. The first-order valence-electron chi connectivity index (χ1n) is 7.89. The molecule has 1 aromatic rings. The van der Waals surface area contributed by atoms with Crippen molar-refractivity contribution in [1.29, 1.82) is 0 Å². The lowest BCUT2D eigenvalue weighted by Gasteiger charge is -2.31. The number of nitrogens with zero attached hydrogens (tertiary/aromatic N) is 1. The van der Waals surface area contributed by atoms with Crippen LogP contribution in [0.1, 0.15) is 26.2 Å². The largest absolute Gasteiger partial charge is 0.497 e. The summed E-state index contributed by atoms with van der Waals surface area (Å²) in [4.78, 5) is 14.4. The molecule has 1 aliphatic heterocycles. The second kappa shape index (κ2) is 7.49. The first-order chi connectivity index (χ1) is 10.6. The molecule has 1 heterocycles. The maximum Gasteiger partial charge on any atom is 0.242 e. The van der Waals surface area contributed by atoms with Crippen LogP contribution < -0.4 is 14.8 Å². The highest BCUT2D eigenvalue weighted by molar-refractivity contribution is 5.86. The number of hydrogen-bond acceptors (Lipinski definition) is 4. The normalized spacial score (nSPS) is 20.7. The standard InChI is InChI=1S/C17H26N2O3/c1-4-17(10-5-11-18-17)16(20)19(2)12-13-22-15-8-6-14(21-3)7-9-15/h6-9,18H,4-5,10-13H2,1-3H3. The average Bonchev–Trinajstić information content (AvgIpc) is 3.05. The molecule has 1 fully saturated rings. The molecule has 22 heavy (non-hydrogen) atoms. The lowest BCUT2D eigenvalue weighted by Crippen LogP contribution is -2.54. The van der Waals surface area contributed by atoms with Gasteiger partial charge in [0.25, 0.3) is 0 Å². The van der Waals surface area contributed by atoms with Gasteiger partial charge in [-0.05, 0) is 50.1 Å². The van der Waals surface area contributed by atoms with Gasteiger partial charge in [-0.2, -0.15) is 0 Å². The Morgan fingerprint density at radius 2 is 2.00 bits per heavy atom. The van der Waals surface area contributed by atoms with E-state index in [1.165, 1.54) is 0 Å². The Morgan fingerprint density at radius 1 is 1.32 bits per heavy atom. The molecule has 5 heteroatoms. The fraction of sp³-hybridized carbons (Fsp3) is 0.588. The quantitative estimate of drug-likeness (QED) is 0.838. The van der Waals surface area contributed by atoms with Gasteiger partial charge in [0.15, 0.2) is 0 Å². The minimum Gasteiger partial charge on any atom is -0.497 e. The Balaban J connectivity index is 1.81. The second-order valence-electron chi connectivity index (χ2n) is 5.72. The third-order valence-corrected chi connectivity index (χ3v) is 4.36. The molecule has 1 unspecified atom stereocenters. The van der Waals surface area contributed by atoms with Crippen molar-refractivity contribution in [2.45, 2.75) is 31.7 Å². The highest BCUT2D eigenvalue weighted by atomic mass is 16.5. The summed E-state index contributed by atoms with van der Waals surface area (Å²) in [6.45, 7) is 4.05. The number of ether oxygens (including phenoxy) is 2. The zero-order valence-corrected chi connectivity index (χ0v) is 13.7. The molecule has 122 valence electrons. The lowest BCUT2D eigenvalue weighted by molar-refractivity contribution is -0.137. The maximum absolute atomic E-state index is 12.6. The molecule has 0 aliphatic carbocycles. The van der Waals surface area contributed by atoms with Gasteiger partial charge in [-0.25, -0.2) is 0 Å². The van der Waals surface area contributed by atoms with Gasteiger partial charge in [0, 0.05) is 7.05 Å². The SMILES string of the molecule is CCC1(C(=O)N(C)CCOc2ccc(OC)cc2)CCCN1. The number of carbonyl (C=O) groups excluding carboxylic acids is 1. The van der Waals surface area contributed by atoms with E-state index in [0.717, 1.165) is 37.3 Å². The van der Waals surface area contributed by atoms with E-state index in [4.69, 9.17) is 9.47 Å². The molecule has 1 aliphatic rings. The number of carbonyl (C=O) groups is 1. The van der Waals surface area contributed by atoms with Gasteiger partial charge < -0.3 is 19.7 Å². The molecule has 0 bridgehead atoms. The number of likely N-dealkylation sites (N-methyl/N-ethyl adjacent to an activating group) is 1. The summed E-state index contributed by atoms with van der Waals surface area (Å²) in [6, 6.07) is 7.46. The number of rotatable bonds is 7. The van der Waals surface area contributed by atoms with Crippen LogP contribution in [0.4, 0.5) is 0 Å². The van der Waals surface area contributed by atoms with Crippen LogP contribution in [0, 0.1) is 0 Å². The van der Waals surface area contributed by atoms with Crippen molar-refractivity contribution >= 4 is 5.91 Å². The number of amides is 1. The van der Waals surface area contributed by atoms with Crippen molar-refractivity contribution in [3.63, 3.8) is 0 Å². The van der Waals surface area contributed by atoms with Crippen molar-refractivity contribution in [1.82, 2.24) is 10.2 Å². The third kappa shape index (κ3) is 3.71. The van der Waals surface area contributed by atoms with E-state index in [0.29, 0.717) is 13.2 Å². The zero-order valence-electron chi connectivity index (χ0n) is 13.7. The molecule has 1 amide bonds. The van der Waals surface area contributed by atoms with Gasteiger partial charge in [-0.15, -0.1) is 0 Å². The van der Waals surface area contributed by atoms with Crippen molar-refractivity contribution < 1.29 is 14.3 Å². The molecule has 1 atom stereocenters. The topological polar surface area (TPSA) is 50.8 Å². The lowest BCUT2D eigenvalue weighted by atomic mass is 9.92. The van der Waals surface area contributed by atoms with Gasteiger partial charge in [0.2, 0.25) is 5.91 Å². The van der Waals surface area contributed by atoms with Gasteiger partial charge in [0.05, 0.1) is 19.2 Å². The Bertz CT molecular complexity index is 481. The van der Waals surface area contributed by atoms with Crippen LogP contribution in [-0.2, 0) is 4.79 Å². The van der Waals surface area contributed by atoms with Gasteiger partial charge in [-0.1, -0.05) is 6.92 Å². The van der Waals surface area contributed by atoms with Crippen molar-refractivity contribution in [2.75, 3.05) is 33.9 Å². The minimum absolute atomic E-state index is 0.172. The van der Waals surface area contributed by atoms with E-state index in [2.05, 4.69) is 12.2 Å². The van der Waals surface area contributed by atoms with E-state index >= 15 is 0 Å². The molecular weight excluding hydrogens is 280 g/mol. The smallest absolute Gasteiger partial charge is 0.242 e. The maximum atomic E-state index is 12.6. The van der Waals surface area contributed by atoms with Crippen LogP contribution in [0.2, 0.25) is 0 Å². The molecule has 1 aromatic carbocycles. The average molecular weight is 306 g/mol. The van der Waals surface area contributed by atoms with E-state index < -0.39 is 0 Å². The van der Waals surface area contributed by atoms with Crippen LogP contribution in [0.25, 0.3) is 0 Å². The molecule has 0 aromatic heterocycles. The predicted molar refractivity (Wildman–Crippen MR) is 86.4 cm³/mol. The summed E-state index contributed by atoms with van der Waals surface area (Å²) in [5, 5.41) is 3.38. The van der Waals surface area contributed by atoms with Crippen LogP contribution in [0.5, 0.6) is 11.5 Å². The number of nitrogens with one attached hydrogen (secondary N) is 1. The van der Waals surface area contributed by atoms with Crippen molar-refractivity contribution in [3.05, 3.63) is 24.3 Å². The number of hydrogen-bond donors (Lipinski definition) is 1. The summed E-state index contributed by atoms with van der Waals surface area (Å²) >= 11 is 0. The van der Waals surface area contributed by atoms with Crippen LogP contribution in [-0.4, -0.2) is 50.2 Å². The van der Waals surface area contributed by atoms with Crippen LogP contribution in [0.15, 0.2) is 24.3 Å². The van der Waals surface area contributed by atoms with Crippen LogP contribution in [0.3, 0.4) is 0 Å². The first kappa shape index (κ1) is 16.6. The number of methoxy groups -OCH3 is 1. The van der Waals surface area contributed by atoms with Gasteiger partial charge >= 0.3 is 0 Å². The van der Waals surface area contributed by atoms with Crippen molar-refractivity contribution in [2.24, 2.45) is 0 Å². The summed E-state index contributed by atoms with van der Waals surface area (Å²) in [7, 11) is 3.48. The molecule has 5 nitrogen and oxygen atoms in total. The Labute approximate surface area is 132 Å². The van der Waals surface area contributed by atoms with E-state index in [9.17, 15) is 4.79 Å². The fourth-order valence-corrected chi connectivity index (χ4v) is 2.88. The summed E-state index contributed by atoms with van der Waals surface area (Å²) < 4.78 is 10.8. The molecule has 1 N–H and O–H groups in total. The summed E-state index contributed by atoms with van der Waals surface area (Å²) in [5.41, 5.74) is -0.366. The zero-order chi connectivity index (χ0) is 16.0. The predicted octanol–water partition coefficient (Wildman–Crippen LogP) is 2.06. The van der Waals surface area contributed by atoms with E-state index in [1.807, 2.05) is 31.3 Å². The fourth-order valence-electron chi connectivity index (χ4n) is 2.88. The Kier molecular flexibility index (Phi) is 5.66. The second-order valence-corrected chi connectivity index (χ2v) is 5.72. The Morgan fingerprint density at radius 3 is 2.55 bits per heavy atom. The Hall–Kier alpha value is -1.75. The molecule has 1 saturated heterocycles. The molecular formula is C17H26N2O3. The molecule has 0 radical (unpaired) electrons. The van der Waals surface area contributed by atoms with Crippen molar-refractivity contribution in [3.8, 4) is 11.5 Å². The molecule has 0 spiro atoms. The summed E-state index contributed by atoms with van der Waals surface area (Å²) in [5.74, 6) is 1.76. The molecule has 2 rings (SSSR count). The number of benzene rings is 1. The minimum atomic E-state index is -0.366. The summed E-state index contributed by atoms with van der Waals surface area (Å²) in [6.07, 6.45) is 2.82. The highest BCUT2D eigenvalue weighted by Crippen LogP contribution is 2.25. The van der Waals surface area contributed by atoms with Gasteiger partial charge in [0.1, 0.15) is 18.1 Å². The van der Waals surface area contributed by atoms with Crippen LogP contribution >= 0.6 is 0 Å². The van der Waals surface area contributed by atoms with E-state index in [-0.39, 0.29) is 11.4 Å².